The van der Waals surface area contributed by atoms with E-state index < -0.39 is 17.6 Å². The predicted octanol–water partition coefficient (Wildman–Crippen LogP) is 3.48. The number of alkyl halides is 3. The van der Waals surface area contributed by atoms with Gasteiger partial charge in [0.2, 0.25) is 11.8 Å². The molecule has 0 radical (unpaired) electrons. The van der Waals surface area contributed by atoms with Gasteiger partial charge in [-0.25, -0.2) is 0 Å². The van der Waals surface area contributed by atoms with Gasteiger partial charge in [0.15, 0.2) is 0 Å². The van der Waals surface area contributed by atoms with Gasteiger partial charge >= 0.3 is 6.18 Å². The van der Waals surface area contributed by atoms with E-state index in [1.807, 2.05) is 47.1 Å². The van der Waals surface area contributed by atoms with Gasteiger partial charge in [-0.15, -0.1) is 0 Å². The molecule has 1 saturated heterocycles. The molecule has 9 heteroatoms. The van der Waals surface area contributed by atoms with Crippen molar-refractivity contribution in [3.8, 4) is 0 Å². The molecular weight excluding hydrogens is 433 g/mol. The molecule has 2 amide bonds. The van der Waals surface area contributed by atoms with E-state index in [0.717, 1.165) is 11.6 Å². The van der Waals surface area contributed by atoms with Crippen molar-refractivity contribution < 1.29 is 22.8 Å². The molecule has 178 valence electrons. The topological polar surface area (TPSA) is 55.9 Å². The van der Waals surface area contributed by atoms with Crippen LogP contribution in [0, 0.1) is 0 Å². The number of nitrogens with one attached hydrogen (secondary N) is 1. The molecule has 1 aliphatic heterocycles. The largest absolute Gasteiger partial charge is 0.418 e. The fourth-order valence-corrected chi connectivity index (χ4v) is 3.81. The first-order valence-electron chi connectivity index (χ1n) is 10.9. The molecule has 1 unspecified atom stereocenters. The molecule has 0 bridgehead atoms. The molecule has 1 heterocycles. The molecule has 1 aliphatic rings. The van der Waals surface area contributed by atoms with Crippen molar-refractivity contribution in [3.05, 3.63) is 65.7 Å². The second kappa shape index (κ2) is 10.8. The van der Waals surface area contributed by atoms with Crippen molar-refractivity contribution in [2.45, 2.75) is 19.1 Å². The van der Waals surface area contributed by atoms with Crippen LogP contribution in [0.15, 0.2) is 54.6 Å². The summed E-state index contributed by atoms with van der Waals surface area (Å²) in [4.78, 5) is 30.7. The summed E-state index contributed by atoms with van der Waals surface area (Å²) >= 11 is 0. The number of carbonyl (C=O) groups is 2. The second-order valence-electron chi connectivity index (χ2n) is 8.24. The Kier molecular flexibility index (Phi) is 8.10. The van der Waals surface area contributed by atoms with E-state index >= 15 is 0 Å². The fourth-order valence-electron chi connectivity index (χ4n) is 3.81. The van der Waals surface area contributed by atoms with Crippen LogP contribution < -0.4 is 5.32 Å². The van der Waals surface area contributed by atoms with Crippen molar-refractivity contribution >= 4 is 17.5 Å². The zero-order chi connectivity index (χ0) is 24.0. The van der Waals surface area contributed by atoms with Crippen LogP contribution in [0.25, 0.3) is 0 Å². The molecule has 0 aromatic heterocycles. The zero-order valence-electron chi connectivity index (χ0n) is 18.8. The van der Waals surface area contributed by atoms with Crippen LogP contribution in [0.4, 0.5) is 18.9 Å². The number of benzene rings is 2. The zero-order valence-corrected chi connectivity index (χ0v) is 18.8. The Labute approximate surface area is 192 Å². The van der Waals surface area contributed by atoms with Crippen LogP contribution >= 0.6 is 0 Å². The van der Waals surface area contributed by atoms with E-state index in [1.165, 1.54) is 18.2 Å². The summed E-state index contributed by atoms with van der Waals surface area (Å²) in [5, 5.41) is 2.38. The molecule has 6 nitrogen and oxygen atoms in total. The molecule has 1 atom stereocenters. The van der Waals surface area contributed by atoms with E-state index in [9.17, 15) is 22.8 Å². The lowest BCUT2D eigenvalue weighted by atomic mass is 10.1. The maximum Gasteiger partial charge on any atom is 0.418 e. The molecule has 3 rings (SSSR count). The van der Waals surface area contributed by atoms with Gasteiger partial charge < -0.3 is 10.2 Å². The molecule has 0 aliphatic carbocycles. The first-order valence-corrected chi connectivity index (χ1v) is 10.9. The van der Waals surface area contributed by atoms with Crippen LogP contribution in [-0.2, 0) is 15.8 Å². The Bertz CT molecular complexity index is 944. The average molecular weight is 463 g/mol. The molecule has 1 N–H and O–H groups in total. The third-order valence-electron chi connectivity index (χ3n) is 5.95. The Hall–Kier alpha value is -2.91. The molecule has 1 fully saturated rings. The quantitative estimate of drug-likeness (QED) is 0.685. The summed E-state index contributed by atoms with van der Waals surface area (Å²) in [7, 11) is 1.79. The molecule has 2 aromatic rings. The van der Waals surface area contributed by atoms with Gasteiger partial charge in [-0.05, 0) is 24.6 Å². The third-order valence-corrected chi connectivity index (χ3v) is 5.95. The lowest BCUT2D eigenvalue weighted by Crippen LogP contribution is -2.51. The Balaban J connectivity index is 1.45. The van der Waals surface area contributed by atoms with Crippen molar-refractivity contribution in [3.63, 3.8) is 0 Å². The summed E-state index contributed by atoms with van der Waals surface area (Å²) in [5.74, 6) is -0.478. The highest BCUT2D eigenvalue weighted by molar-refractivity contribution is 5.93. The number of para-hydroxylation sites is 1. The number of amides is 2. The van der Waals surface area contributed by atoms with Crippen molar-refractivity contribution in [1.29, 1.82) is 0 Å². The van der Waals surface area contributed by atoms with Gasteiger partial charge in [-0.1, -0.05) is 42.5 Å². The van der Waals surface area contributed by atoms with E-state index in [4.69, 9.17) is 0 Å². The lowest BCUT2D eigenvalue weighted by molar-refractivity contribution is -0.137. The minimum absolute atomic E-state index is 0.00107. The number of piperazine rings is 1. The molecule has 2 aromatic carbocycles. The SMILES string of the molecule is CC(c1ccccc1)N(C)C(=O)CN1CCN(CC(=O)Nc2ccccc2C(F)(F)F)CC1. The second-order valence-corrected chi connectivity index (χ2v) is 8.24. The minimum Gasteiger partial charge on any atom is -0.338 e. The van der Waals surface area contributed by atoms with E-state index in [2.05, 4.69) is 5.32 Å². The summed E-state index contributed by atoms with van der Waals surface area (Å²) in [6, 6.07) is 14.7. The van der Waals surface area contributed by atoms with Crippen molar-refractivity contribution in [2.24, 2.45) is 0 Å². The molecule has 0 saturated carbocycles. The smallest absolute Gasteiger partial charge is 0.338 e. The van der Waals surface area contributed by atoms with Crippen LogP contribution in [0.2, 0.25) is 0 Å². The third kappa shape index (κ3) is 6.79. The maximum atomic E-state index is 13.1. The van der Waals surface area contributed by atoms with Crippen LogP contribution in [0.1, 0.15) is 24.1 Å². The number of hydrogen-bond acceptors (Lipinski definition) is 4. The van der Waals surface area contributed by atoms with Gasteiger partial charge in [0.05, 0.1) is 30.4 Å². The predicted molar refractivity (Wildman–Crippen MR) is 121 cm³/mol. The highest BCUT2D eigenvalue weighted by Crippen LogP contribution is 2.34. The number of halogens is 3. The van der Waals surface area contributed by atoms with Crippen molar-refractivity contribution in [1.82, 2.24) is 14.7 Å². The lowest BCUT2D eigenvalue weighted by Gasteiger charge is -2.35. The molecular formula is C24H29F3N4O2. The van der Waals surface area contributed by atoms with Gasteiger partial charge in [0.25, 0.3) is 0 Å². The number of nitrogens with zero attached hydrogens (tertiary/aromatic N) is 3. The molecule has 0 spiro atoms. The van der Waals surface area contributed by atoms with Crippen LogP contribution in [0.5, 0.6) is 0 Å². The number of likely N-dealkylation sites (N-methyl/N-ethyl adjacent to an activating group) is 1. The summed E-state index contributed by atoms with van der Waals surface area (Å²) < 4.78 is 39.3. The summed E-state index contributed by atoms with van der Waals surface area (Å²) in [5.41, 5.74) is -0.0402. The summed E-state index contributed by atoms with van der Waals surface area (Å²) in [6.45, 7) is 4.59. The highest BCUT2D eigenvalue weighted by atomic mass is 19.4. The highest BCUT2D eigenvalue weighted by Gasteiger charge is 2.33. The Morgan fingerprint density at radius 1 is 0.939 bits per heavy atom. The van der Waals surface area contributed by atoms with E-state index in [-0.39, 0.29) is 30.7 Å². The average Bonchev–Trinajstić information content (AvgIpc) is 2.79. The number of hydrogen-bond donors (Lipinski definition) is 1. The maximum absolute atomic E-state index is 13.1. The first kappa shape index (κ1) is 24.7. The number of carbonyl (C=O) groups excluding carboxylic acids is 2. The van der Waals surface area contributed by atoms with Gasteiger partial charge in [-0.3, -0.25) is 19.4 Å². The van der Waals surface area contributed by atoms with E-state index in [0.29, 0.717) is 26.2 Å². The Morgan fingerprint density at radius 2 is 1.48 bits per heavy atom. The normalized spacial score (nSPS) is 16.3. The van der Waals surface area contributed by atoms with Gasteiger partial charge in [0.1, 0.15) is 0 Å². The molecule has 33 heavy (non-hydrogen) atoms. The standard InChI is InChI=1S/C24H29F3N4O2/c1-18(19-8-4-3-5-9-19)29(2)23(33)17-31-14-12-30(13-15-31)16-22(32)28-21-11-7-6-10-20(21)24(25,26)27/h3-11,18H,12-17H2,1-2H3,(H,28,32). The number of anilines is 1. The van der Waals surface area contributed by atoms with Gasteiger partial charge in [0, 0.05) is 33.2 Å². The minimum atomic E-state index is -4.53. The van der Waals surface area contributed by atoms with Gasteiger partial charge in [-0.2, -0.15) is 13.2 Å². The fraction of sp³-hybridized carbons (Fsp3) is 0.417. The monoisotopic (exact) mass is 462 g/mol. The van der Waals surface area contributed by atoms with Crippen LogP contribution in [-0.4, -0.2) is 72.8 Å². The summed E-state index contributed by atoms with van der Waals surface area (Å²) in [6.07, 6.45) is -4.53. The van der Waals surface area contributed by atoms with E-state index in [1.54, 1.807) is 11.9 Å². The Morgan fingerprint density at radius 3 is 2.09 bits per heavy atom. The van der Waals surface area contributed by atoms with Crippen molar-refractivity contribution in [2.75, 3.05) is 51.6 Å². The van der Waals surface area contributed by atoms with Crippen LogP contribution in [0.3, 0.4) is 0 Å². The number of rotatable bonds is 7. The first-order chi connectivity index (χ1) is 15.6.